The van der Waals surface area contributed by atoms with Crippen LogP contribution in [0.4, 0.5) is 0 Å². The summed E-state index contributed by atoms with van der Waals surface area (Å²) in [4.78, 5) is 38.3. The summed E-state index contributed by atoms with van der Waals surface area (Å²) >= 11 is 0. The first-order valence-electron chi connectivity index (χ1n) is 32.0. The summed E-state index contributed by atoms with van der Waals surface area (Å²) in [7, 11) is 0. The fourth-order valence-electron chi connectivity index (χ4n) is 8.33. The molecule has 0 aromatic carbocycles. The van der Waals surface area contributed by atoms with Gasteiger partial charge in [-0.1, -0.05) is 262 Å². The van der Waals surface area contributed by atoms with E-state index in [1.54, 1.807) is 0 Å². The van der Waals surface area contributed by atoms with Crippen molar-refractivity contribution in [1.29, 1.82) is 0 Å². The minimum Gasteiger partial charge on any atom is -0.462 e. The lowest BCUT2D eigenvalue weighted by atomic mass is 10.0. The SMILES string of the molecule is CC/C=C\C/C=C\C/C=C\C/C=C\C/C=C\C/C=C\CCCCCCCCC(=O)OCC(COC(=O)CCCCC/C=C\C/C=C\C/C=C\CC)OC(=O)CCCCCCCCCCCC/C=C\C/C=C\C/C=C\C/C=C\CC. The third-order valence-electron chi connectivity index (χ3n) is 13.0. The summed E-state index contributed by atoms with van der Waals surface area (Å²) in [6, 6.07) is 0. The zero-order chi connectivity index (χ0) is 57.1. The summed E-state index contributed by atoms with van der Waals surface area (Å²) in [6.45, 7) is 6.26. The molecule has 0 aromatic rings. The molecule has 444 valence electrons. The molecule has 1 atom stereocenters. The molecule has 0 spiro atoms. The predicted octanol–water partition coefficient (Wildman–Crippen LogP) is 22.1. The van der Waals surface area contributed by atoms with Gasteiger partial charge in [0, 0.05) is 19.3 Å². The molecule has 6 heteroatoms. The van der Waals surface area contributed by atoms with E-state index in [-0.39, 0.29) is 31.1 Å². The quantitative estimate of drug-likeness (QED) is 0.0261. The van der Waals surface area contributed by atoms with Crippen LogP contribution in [0.5, 0.6) is 0 Å². The lowest BCUT2D eigenvalue weighted by molar-refractivity contribution is -0.167. The van der Waals surface area contributed by atoms with Crippen LogP contribution in [0.1, 0.15) is 265 Å². The van der Waals surface area contributed by atoms with Gasteiger partial charge >= 0.3 is 17.9 Å². The number of esters is 3. The average molecular weight is 1090 g/mol. The van der Waals surface area contributed by atoms with Gasteiger partial charge in [-0.3, -0.25) is 14.4 Å². The Morgan fingerprint density at radius 3 is 0.722 bits per heavy atom. The molecular weight excluding hydrogens is 973 g/mol. The molecule has 0 fully saturated rings. The first kappa shape index (κ1) is 74.0. The zero-order valence-corrected chi connectivity index (χ0v) is 50.8. The molecule has 0 N–H and O–H groups in total. The second kappa shape index (κ2) is 65.5. The molecule has 0 aliphatic carbocycles. The van der Waals surface area contributed by atoms with Crippen LogP contribution in [-0.4, -0.2) is 37.2 Å². The maximum Gasteiger partial charge on any atom is 0.306 e. The van der Waals surface area contributed by atoms with Crippen LogP contribution >= 0.6 is 0 Å². The van der Waals surface area contributed by atoms with Gasteiger partial charge in [0.15, 0.2) is 6.10 Å². The topological polar surface area (TPSA) is 78.9 Å². The van der Waals surface area contributed by atoms with E-state index < -0.39 is 6.10 Å². The summed E-state index contributed by atoms with van der Waals surface area (Å²) in [5, 5.41) is 0. The normalized spacial score (nSPS) is 13.2. The van der Waals surface area contributed by atoms with Crippen molar-refractivity contribution in [3.63, 3.8) is 0 Å². The van der Waals surface area contributed by atoms with Crippen molar-refractivity contribution >= 4 is 17.9 Å². The molecule has 0 rings (SSSR count). The van der Waals surface area contributed by atoms with Crippen LogP contribution in [0.2, 0.25) is 0 Å². The zero-order valence-electron chi connectivity index (χ0n) is 50.8. The minimum atomic E-state index is -0.808. The first-order chi connectivity index (χ1) is 39.0. The Hall–Kier alpha value is -4.97. The summed E-state index contributed by atoms with van der Waals surface area (Å²) in [6.07, 6.45) is 95.3. The second-order valence-electron chi connectivity index (χ2n) is 20.5. The number of unbranched alkanes of at least 4 members (excludes halogenated alkanes) is 19. The monoisotopic (exact) mass is 1090 g/mol. The Kier molecular flexibility index (Phi) is 61.4. The summed E-state index contributed by atoms with van der Waals surface area (Å²) in [5.74, 6) is -0.953. The smallest absolute Gasteiger partial charge is 0.306 e. The van der Waals surface area contributed by atoms with E-state index in [1.807, 2.05) is 0 Å². The van der Waals surface area contributed by atoms with Gasteiger partial charge in [0.25, 0.3) is 0 Å². The van der Waals surface area contributed by atoms with Gasteiger partial charge in [0.05, 0.1) is 0 Å². The van der Waals surface area contributed by atoms with Crippen molar-refractivity contribution in [2.45, 2.75) is 271 Å². The van der Waals surface area contributed by atoms with Crippen LogP contribution in [0.25, 0.3) is 0 Å². The highest BCUT2D eigenvalue weighted by atomic mass is 16.6. The molecule has 0 aliphatic rings. The van der Waals surface area contributed by atoms with Crippen molar-refractivity contribution in [2.24, 2.45) is 0 Å². The van der Waals surface area contributed by atoms with Crippen LogP contribution in [0.3, 0.4) is 0 Å². The molecule has 0 aromatic heterocycles. The minimum absolute atomic E-state index is 0.103. The molecule has 6 nitrogen and oxygen atoms in total. The standard InChI is InChI=1S/C73H116O6/c1-4-7-10-13-16-19-22-25-27-29-31-33-35-36-38-39-41-43-45-48-51-54-57-60-63-66-72(75)78-69-70(68-77-71(74)65-62-59-56-53-50-47-24-21-18-15-12-9-6-3)79-73(76)67-64-61-58-55-52-49-46-44-42-40-37-34-32-30-28-26-23-20-17-14-11-8-5-2/h7-12,16-21,25-28,31-34,36,38,41,43,47,50,70H,4-6,13-15,22-24,29-30,35,37,39-40,42,44-46,48-49,51-69H2,1-3H3/b10-7-,11-8-,12-9-,19-16-,20-17-,21-18-,27-25-,28-26-,33-31-,34-32-,38-36-,43-41-,50-47-. The van der Waals surface area contributed by atoms with E-state index in [2.05, 4.69) is 179 Å². The Balaban J connectivity index is 4.42. The Bertz CT molecular complexity index is 1780. The van der Waals surface area contributed by atoms with E-state index >= 15 is 0 Å². The van der Waals surface area contributed by atoms with Gasteiger partial charge in [-0.25, -0.2) is 0 Å². The lowest BCUT2D eigenvalue weighted by Gasteiger charge is -2.18. The van der Waals surface area contributed by atoms with Gasteiger partial charge in [0.1, 0.15) is 13.2 Å². The predicted molar refractivity (Wildman–Crippen MR) is 343 cm³/mol. The van der Waals surface area contributed by atoms with Crippen LogP contribution in [0, 0.1) is 0 Å². The van der Waals surface area contributed by atoms with Crippen molar-refractivity contribution in [3.05, 3.63) is 158 Å². The van der Waals surface area contributed by atoms with Crippen molar-refractivity contribution < 1.29 is 28.6 Å². The average Bonchev–Trinajstić information content (AvgIpc) is 3.45. The Morgan fingerprint density at radius 1 is 0.253 bits per heavy atom. The Morgan fingerprint density at radius 2 is 0.456 bits per heavy atom. The molecule has 79 heavy (non-hydrogen) atoms. The van der Waals surface area contributed by atoms with Gasteiger partial charge in [0.2, 0.25) is 0 Å². The fraction of sp³-hybridized carbons (Fsp3) is 0.603. The van der Waals surface area contributed by atoms with Crippen LogP contribution in [-0.2, 0) is 28.6 Å². The van der Waals surface area contributed by atoms with E-state index in [0.29, 0.717) is 19.3 Å². The largest absolute Gasteiger partial charge is 0.462 e. The Labute approximate surface area is 486 Å². The maximum atomic E-state index is 12.9. The number of rotatable bonds is 56. The number of hydrogen-bond donors (Lipinski definition) is 0. The molecule has 0 radical (unpaired) electrons. The molecule has 0 saturated heterocycles. The molecule has 0 aliphatic heterocycles. The summed E-state index contributed by atoms with van der Waals surface area (Å²) < 4.78 is 16.9. The third-order valence-corrected chi connectivity index (χ3v) is 13.0. The number of hydrogen-bond acceptors (Lipinski definition) is 6. The number of carbonyl (C=O) groups excluding carboxylic acids is 3. The van der Waals surface area contributed by atoms with E-state index in [9.17, 15) is 14.4 Å². The maximum absolute atomic E-state index is 12.9. The first-order valence-corrected chi connectivity index (χ1v) is 32.0. The van der Waals surface area contributed by atoms with Crippen molar-refractivity contribution in [1.82, 2.24) is 0 Å². The van der Waals surface area contributed by atoms with Crippen LogP contribution < -0.4 is 0 Å². The lowest BCUT2D eigenvalue weighted by Crippen LogP contribution is -2.30. The molecule has 1 unspecified atom stereocenters. The molecule has 0 bridgehead atoms. The van der Waals surface area contributed by atoms with Crippen molar-refractivity contribution in [3.8, 4) is 0 Å². The van der Waals surface area contributed by atoms with E-state index in [4.69, 9.17) is 14.2 Å². The number of carbonyl (C=O) groups is 3. The highest BCUT2D eigenvalue weighted by molar-refractivity contribution is 5.71. The molecule has 0 heterocycles. The second-order valence-corrected chi connectivity index (χ2v) is 20.5. The van der Waals surface area contributed by atoms with E-state index in [0.717, 1.165) is 161 Å². The van der Waals surface area contributed by atoms with E-state index in [1.165, 1.54) is 64.2 Å². The highest BCUT2D eigenvalue weighted by Crippen LogP contribution is 2.15. The van der Waals surface area contributed by atoms with Gasteiger partial charge < -0.3 is 14.2 Å². The van der Waals surface area contributed by atoms with Crippen molar-refractivity contribution in [2.75, 3.05) is 13.2 Å². The van der Waals surface area contributed by atoms with Gasteiger partial charge in [-0.2, -0.15) is 0 Å². The fourth-order valence-corrected chi connectivity index (χ4v) is 8.33. The molecule has 0 amide bonds. The number of allylic oxidation sites excluding steroid dienone is 26. The highest BCUT2D eigenvalue weighted by Gasteiger charge is 2.19. The molecule has 0 saturated carbocycles. The van der Waals surface area contributed by atoms with Gasteiger partial charge in [-0.15, -0.1) is 0 Å². The summed E-state index contributed by atoms with van der Waals surface area (Å²) in [5.41, 5.74) is 0. The third kappa shape index (κ3) is 63.7. The number of ether oxygens (including phenoxy) is 3. The molecular formula is C73H116O6. The van der Waals surface area contributed by atoms with Gasteiger partial charge in [-0.05, 0) is 141 Å². The van der Waals surface area contributed by atoms with Crippen LogP contribution in [0.15, 0.2) is 158 Å².